The summed E-state index contributed by atoms with van der Waals surface area (Å²) in [7, 11) is -3.80. The van der Waals surface area contributed by atoms with Crippen LogP contribution >= 0.6 is 11.3 Å². The van der Waals surface area contributed by atoms with Crippen LogP contribution in [0, 0.1) is 31.6 Å². The highest BCUT2D eigenvalue weighted by atomic mass is 32.2. The molecule has 8 rings (SSSR count). The molecule has 0 unspecified atom stereocenters. The van der Waals surface area contributed by atoms with Crippen molar-refractivity contribution in [1.29, 1.82) is 0 Å². The number of hydrogen-bond donors (Lipinski definition) is 1. The molecular formula is C29H36N4O3S2. The lowest BCUT2D eigenvalue weighted by Crippen LogP contribution is -2.48. The SMILES string of the molecule is Cc1sc2nc(CN3CCOCC3)nc(NS(=O)(=O)c3ccc(C45CC6CC(CC(C6)C4)C5)cc3)c2c1C. The molecule has 4 saturated carbocycles. The summed E-state index contributed by atoms with van der Waals surface area (Å²) in [5.74, 6) is 3.59. The summed E-state index contributed by atoms with van der Waals surface area (Å²) >= 11 is 1.59. The average molecular weight is 553 g/mol. The molecule has 7 nitrogen and oxygen atoms in total. The van der Waals surface area contributed by atoms with Gasteiger partial charge in [-0.2, -0.15) is 0 Å². The predicted octanol–water partition coefficient (Wildman–Crippen LogP) is 5.41. The standard InChI is InChI=1S/C29H36N4O3S2/c1-18-19(2)37-28-26(18)27(30-25(31-28)17-33-7-9-36-10-8-33)32-38(34,35)24-5-3-23(4-6-24)29-14-20-11-21(15-29)13-22(12-20)16-29/h3-6,20-22H,7-17H2,1-2H3,(H,30,31,32). The molecular weight excluding hydrogens is 516 g/mol. The van der Waals surface area contributed by atoms with Crippen molar-refractivity contribution < 1.29 is 13.2 Å². The quantitative estimate of drug-likeness (QED) is 0.440. The number of rotatable bonds is 6. The van der Waals surface area contributed by atoms with Gasteiger partial charge in [-0.25, -0.2) is 18.4 Å². The summed E-state index contributed by atoms with van der Waals surface area (Å²) < 4.78 is 35.6. The largest absolute Gasteiger partial charge is 0.379 e. The molecule has 1 N–H and O–H groups in total. The first-order valence-corrected chi connectivity index (χ1v) is 16.3. The normalized spacial score (nSPS) is 29.3. The number of benzene rings is 1. The lowest BCUT2D eigenvalue weighted by molar-refractivity contribution is -0.00521. The maximum absolute atomic E-state index is 13.6. The highest BCUT2D eigenvalue weighted by molar-refractivity contribution is 7.92. The number of sulfonamides is 1. The van der Waals surface area contributed by atoms with Crippen molar-refractivity contribution in [3.63, 3.8) is 0 Å². The number of thiophene rings is 1. The van der Waals surface area contributed by atoms with Crippen molar-refractivity contribution in [2.24, 2.45) is 17.8 Å². The van der Waals surface area contributed by atoms with Crippen LogP contribution in [0.1, 0.15) is 60.4 Å². The molecule has 0 amide bonds. The van der Waals surface area contributed by atoms with Gasteiger partial charge in [-0.05, 0) is 98.8 Å². The minimum Gasteiger partial charge on any atom is -0.379 e. The zero-order valence-electron chi connectivity index (χ0n) is 22.2. The van der Waals surface area contributed by atoms with Crippen LogP contribution in [0.25, 0.3) is 10.2 Å². The van der Waals surface area contributed by atoms with E-state index < -0.39 is 10.0 Å². The Morgan fingerprint density at radius 1 is 1.00 bits per heavy atom. The van der Waals surface area contributed by atoms with Crippen LogP contribution in [0.15, 0.2) is 29.2 Å². The van der Waals surface area contributed by atoms with Crippen LogP contribution in [-0.4, -0.2) is 49.6 Å². The number of morpholine rings is 1. The van der Waals surface area contributed by atoms with Gasteiger partial charge in [0, 0.05) is 18.0 Å². The first kappa shape index (κ1) is 24.9. The summed E-state index contributed by atoms with van der Waals surface area (Å²) in [6.45, 7) is 7.66. The van der Waals surface area contributed by atoms with E-state index >= 15 is 0 Å². The summed E-state index contributed by atoms with van der Waals surface area (Å²) in [6.07, 6.45) is 8.01. The topological polar surface area (TPSA) is 84.4 Å². The molecule has 0 spiro atoms. The van der Waals surface area contributed by atoms with E-state index in [1.807, 2.05) is 13.8 Å². The van der Waals surface area contributed by atoms with Gasteiger partial charge in [-0.3, -0.25) is 9.62 Å². The average Bonchev–Trinajstić information content (AvgIpc) is 3.17. The fourth-order valence-electron chi connectivity index (χ4n) is 8.04. The molecule has 5 aliphatic rings. The fraction of sp³-hybridized carbons (Fsp3) is 0.586. The molecule has 9 heteroatoms. The Kier molecular flexibility index (Phi) is 6.07. The number of nitrogens with one attached hydrogen (secondary N) is 1. The van der Waals surface area contributed by atoms with Crippen LogP contribution in [0.4, 0.5) is 5.82 Å². The summed E-state index contributed by atoms with van der Waals surface area (Å²) in [5.41, 5.74) is 2.61. The second kappa shape index (κ2) is 9.25. The second-order valence-corrected chi connectivity index (χ2v) is 15.1. The van der Waals surface area contributed by atoms with E-state index in [1.54, 1.807) is 23.5 Å². The molecule has 202 valence electrons. The van der Waals surface area contributed by atoms with E-state index in [2.05, 4.69) is 21.8 Å². The van der Waals surface area contributed by atoms with Gasteiger partial charge in [0.05, 0.1) is 30.0 Å². The molecule has 4 aliphatic carbocycles. The highest BCUT2D eigenvalue weighted by Crippen LogP contribution is 2.60. The number of hydrogen-bond acceptors (Lipinski definition) is 7. The Bertz CT molecular complexity index is 1440. The Hall–Kier alpha value is -2.07. The molecule has 3 aromatic rings. The predicted molar refractivity (Wildman–Crippen MR) is 150 cm³/mol. The third-order valence-electron chi connectivity index (χ3n) is 9.59. The van der Waals surface area contributed by atoms with E-state index in [4.69, 9.17) is 14.7 Å². The minimum absolute atomic E-state index is 0.253. The van der Waals surface area contributed by atoms with E-state index in [1.165, 1.54) is 44.1 Å². The molecule has 0 radical (unpaired) electrons. The van der Waals surface area contributed by atoms with Gasteiger partial charge in [0.25, 0.3) is 10.0 Å². The minimum atomic E-state index is -3.80. The number of aromatic nitrogens is 2. The third-order valence-corrected chi connectivity index (χ3v) is 12.0. The second-order valence-electron chi connectivity index (χ2n) is 12.2. The fourth-order valence-corrected chi connectivity index (χ4v) is 10.1. The van der Waals surface area contributed by atoms with Gasteiger partial charge in [0.1, 0.15) is 10.7 Å². The molecule has 5 fully saturated rings. The van der Waals surface area contributed by atoms with Crippen molar-refractivity contribution in [2.45, 2.75) is 69.2 Å². The zero-order chi connectivity index (χ0) is 26.1. The Balaban J connectivity index is 1.18. The van der Waals surface area contributed by atoms with E-state index in [-0.39, 0.29) is 10.3 Å². The number of fused-ring (bicyclic) bond motifs is 1. The number of aryl methyl sites for hydroxylation is 2. The number of ether oxygens (including phenoxy) is 1. The van der Waals surface area contributed by atoms with Gasteiger partial charge < -0.3 is 4.74 Å². The van der Waals surface area contributed by atoms with Crippen molar-refractivity contribution in [3.8, 4) is 0 Å². The zero-order valence-corrected chi connectivity index (χ0v) is 23.8. The Morgan fingerprint density at radius 2 is 1.63 bits per heavy atom. The Labute approximate surface area is 229 Å². The van der Waals surface area contributed by atoms with Gasteiger partial charge in [0.15, 0.2) is 5.82 Å². The van der Waals surface area contributed by atoms with Crippen LogP contribution in [0.5, 0.6) is 0 Å². The molecule has 38 heavy (non-hydrogen) atoms. The highest BCUT2D eigenvalue weighted by Gasteiger charge is 2.51. The molecule has 1 saturated heterocycles. The van der Waals surface area contributed by atoms with Crippen molar-refractivity contribution >= 4 is 37.4 Å². The van der Waals surface area contributed by atoms with Crippen LogP contribution in [-0.2, 0) is 26.7 Å². The monoisotopic (exact) mass is 552 g/mol. The number of nitrogens with zero attached hydrogens (tertiary/aromatic N) is 3. The van der Waals surface area contributed by atoms with Crippen LogP contribution in [0.2, 0.25) is 0 Å². The van der Waals surface area contributed by atoms with Gasteiger partial charge in [-0.15, -0.1) is 11.3 Å². The molecule has 0 atom stereocenters. The Morgan fingerprint density at radius 3 is 2.26 bits per heavy atom. The third kappa shape index (κ3) is 4.35. The lowest BCUT2D eigenvalue weighted by Gasteiger charge is -2.57. The van der Waals surface area contributed by atoms with Crippen molar-refractivity contribution in [1.82, 2.24) is 14.9 Å². The molecule has 1 aromatic carbocycles. The van der Waals surface area contributed by atoms with Crippen molar-refractivity contribution in [2.75, 3.05) is 31.0 Å². The molecule has 1 aliphatic heterocycles. The van der Waals surface area contributed by atoms with Gasteiger partial charge in [-0.1, -0.05) is 12.1 Å². The maximum atomic E-state index is 13.6. The lowest BCUT2D eigenvalue weighted by atomic mass is 9.48. The van der Waals surface area contributed by atoms with E-state index in [0.29, 0.717) is 31.4 Å². The van der Waals surface area contributed by atoms with Crippen molar-refractivity contribution in [3.05, 3.63) is 46.1 Å². The molecule has 2 aromatic heterocycles. The molecule has 3 heterocycles. The van der Waals surface area contributed by atoms with E-state index in [0.717, 1.165) is 51.5 Å². The van der Waals surface area contributed by atoms with Gasteiger partial charge in [0.2, 0.25) is 0 Å². The smallest absolute Gasteiger partial charge is 0.263 e. The maximum Gasteiger partial charge on any atom is 0.263 e. The molecule has 4 bridgehead atoms. The van der Waals surface area contributed by atoms with Gasteiger partial charge >= 0.3 is 0 Å². The van der Waals surface area contributed by atoms with Crippen LogP contribution in [0.3, 0.4) is 0 Å². The first-order valence-electron chi connectivity index (χ1n) is 14.0. The van der Waals surface area contributed by atoms with Crippen LogP contribution < -0.4 is 4.72 Å². The van der Waals surface area contributed by atoms with E-state index in [9.17, 15) is 8.42 Å². The summed E-state index contributed by atoms with van der Waals surface area (Å²) in [4.78, 5) is 14.0. The first-order chi connectivity index (χ1) is 18.3. The summed E-state index contributed by atoms with van der Waals surface area (Å²) in [5, 5.41) is 0.798. The number of anilines is 1. The summed E-state index contributed by atoms with van der Waals surface area (Å²) in [6, 6.07) is 7.77.